The summed E-state index contributed by atoms with van der Waals surface area (Å²) in [6.45, 7) is 0. The molecule has 3 aromatic rings. The van der Waals surface area contributed by atoms with Crippen LogP contribution < -0.4 is 4.74 Å². The highest BCUT2D eigenvalue weighted by Crippen LogP contribution is 2.38. The Hall–Kier alpha value is -2.34. The summed E-state index contributed by atoms with van der Waals surface area (Å²) in [6.07, 6.45) is 0. The molecule has 0 atom stereocenters. The first-order chi connectivity index (χ1) is 9.20. The zero-order valence-electron chi connectivity index (χ0n) is 9.91. The third-order valence-corrected chi connectivity index (χ3v) is 3.67. The Morgan fingerprint density at radius 2 is 2.26 bits per heavy atom. The van der Waals surface area contributed by atoms with Crippen molar-refractivity contribution in [3.8, 4) is 17.0 Å². The van der Waals surface area contributed by atoms with Crippen LogP contribution in [0.1, 0.15) is 10.6 Å². The summed E-state index contributed by atoms with van der Waals surface area (Å²) < 4.78 is 11.3. The highest BCUT2D eigenvalue weighted by molar-refractivity contribution is 7.17. The van der Waals surface area contributed by atoms with Gasteiger partial charge in [-0.05, 0) is 23.6 Å². The number of methoxy groups -OCH3 is 1. The van der Waals surface area contributed by atoms with Gasteiger partial charge >= 0.3 is 5.97 Å². The van der Waals surface area contributed by atoms with Crippen molar-refractivity contribution in [3.63, 3.8) is 0 Å². The van der Waals surface area contributed by atoms with E-state index in [2.05, 4.69) is 5.16 Å². The Morgan fingerprint density at radius 1 is 1.42 bits per heavy atom. The summed E-state index contributed by atoms with van der Waals surface area (Å²) in [5.74, 6) is -0.666. The largest absolute Gasteiger partial charge is 0.495 e. The number of aromatic nitrogens is 1. The number of benzene rings is 1. The molecule has 0 spiro atoms. The van der Waals surface area contributed by atoms with Gasteiger partial charge in [0.05, 0.1) is 7.11 Å². The number of hydrogen-bond donors (Lipinski definition) is 1. The predicted molar refractivity (Wildman–Crippen MR) is 70.8 cm³/mol. The van der Waals surface area contributed by atoms with Crippen LogP contribution in [0.2, 0.25) is 0 Å². The van der Waals surface area contributed by atoms with E-state index < -0.39 is 5.97 Å². The van der Waals surface area contributed by atoms with Crippen LogP contribution >= 0.6 is 11.3 Å². The monoisotopic (exact) mass is 275 g/mol. The fraction of sp³-hybridized carbons (Fsp3) is 0.0769. The van der Waals surface area contributed by atoms with Crippen LogP contribution in [0.15, 0.2) is 34.2 Å². The molecule has 19 heavy (non-hydrogen) atoms. The van der Waals surface area contributed by atoms with Crippen molar-refractivity contribution in [1.29, 1.82) is 0 Å². The molecule has 2 aromatic heterocycles. The minimum atomic E-state index is -1.14. The smallest absolute Gasteiger partial charge is 0.374 e. The van der Waals surface area contributed by atoms with Gasteiger partial charge in [0.1, 0.15) is 11.4 Å². The Labute approximate surface area is 112 Å². The summed E-state index contributed by atoms with van der Waals surface area (Å²) in [6, 6.07) is 7.15. The number of carboxylic acid groups (broad SMARTS) is 1. The number of carbonyl (C=O) groups is 1. The van der Waals surface area contributed by atoms with Crippen LogP contribution in [-0.4, -0.2) is 23.3 Å². The molecule has 6 heteroatoms. The normalized spacial score (nSPS) is 10.8. The van der Waals surface area contributed by atoms with Gasteiger partial charge in [-0.3, -0.25) is 0 Å². The molecule has 3 rings (SSSR count). The summed E-state index contributed by atoms with van der Waals surface area (Å²) in [4.78, 5) is 10.8. The average Bonchev–Trinajstić information content (AvgIpc) is 3.05. The molecule has 2 heterocycles. The third-order valence-electron chi connectivity index (χ3n) is 2.79. The van der Waals surface area contributed by atoms with E-state index in [0.717, 1.165) is 10.1 Å². The molecule has 96 valence electrons. The summed E-state index contributed by atoms with van der Waals surface area (Å²) in [5, 5.41) is 15.6. The first-order valence-electron chi connectivity index (χ1n) is 5.45. The van der Waals surface area contributed by atoms with Gasteiger partial charge in [0.25, 0.3) is 0 Å². The fourth-order valence-electron chi connectivity index (χ4n) is 1.94. The number of carboxylic acids is 1. The molecule has 0 unspecified atom stereocenters. The Morgan fingerprint density at radius 3 is 2.95 bits per heavy atom. The summed E-state index contributed by atoms with van der Waals surface area (Å²) in [5.41, 5.74) is 1.16. The molecule has 0 saturated carbocycles. The van der Waals surface area contributed by atoms with E-state index in [1.807, 2.05) is 23.6 Å². The molecule has 0 bridgehead atoms. The van der Waals surface area contributed by atoms with Gasteiger partial charge in [-0.1, -0.05) is 5.16 Å². The lowest BCUT2D eigenvalue weighted by Gasteiger charge is -2.06. The topological polar surface area (TPSA) is 72.6 Å². The molecule has 5 nitrogen and oxygen atoms in total. The first-order valence-corrected chi connectivity index (χ1v) is 6.33. The van der Waals surface area contributed by atoms with Crippen LogP contribution in [0.3, 0.4) is 0 Å². The fourth-order valence-corrected chi connectivity index (χ4v) is 2.73. The minimum Gasteiger partial charge on any atom is -0.495 e. The molecule has 0 saturated heterocycles. The molecule has 1 aromatic carbocycles. The zero-order valence-corrected chi connectivity index (χ0v) is 10.7. The molecule has 0 aliphatic heterocycles. The van der Waals surface area contributed by atoms with Crippen LogP contribution in [0.25, 0.3) is 21.3 Å². The van der Waals surface area contributed by atoms with Crippen molar-refractivity contribution >= 4 is 27.4 Å². The first kappa shape index (κ1) is 11.7. The number of thiophene rings is 1. The third kappa shape index (κ3) is 1.86. The Kier molecular flexibility index (Phi) is 2.72. The molecule has 0 amide bonds. The molecule has 0 aliphatic rings. The van der Waals surface area contributed by atoms with Crippen LogP contribution in [0.4, 0.5) is 0 Å². The van der Waals surface area contributed by atoms with Gasteiger partial charge in [0.2, 0.25) is 5.76 Å². The van der Waals surface area contributed by atoms with E-state index in [0.29, 0.717) is 17.0 Å². The van der Waals surface area contributed by atoms with Crippen molar-refractivity contribution in [2.75, 3.05) is 7.11 Å². The van der Waals surface area contributed by atoms with Crippen molar-refractivity contribution in [1.82, 2.24) is 5.16 Å². The number of fused-ring (bicyclic) bond motifs is 1. The predicted octanol–water partition coefficient (Wildman–Crippen LogP) is 3.26. The highest BCUT2D eigenvalue weighted by atomic mass is 32.1. The maximum atomic E-state index is 10.8. The van der Waals surface area contributed by atoms with Gasteiger partial charge in [-0.2, -0.15) is 0 Å². The Bertz CT molecular complexity index is 759. The van der Waals surface area contributed by atoms with Crippen molar-refractivity contribution in [2.24, 2.45) is 0 Å². The van der Waals surface area contributed by atoms with Gasteiger partial charge < -0.3 is 14.4 Å². The van der Waals surface area contributed by atoms with Crippen LogP contribution in [-0.2, 0) is 0 Å². The summed E-state index contributed by atoms with van der Waals surface area (Å²) in [7, 11) is 1.58. The lowest BCUT2D eigenvalue weighted by Crippen LogP contribution is -1.92. The lowest BCUT2D eigenvalue weighted by molar-refractivity contribution is 0.0652. The molecular weight excluding hydrogens is 266 g/mol. The maximum absolute atomic E-state index is 10.8. The van der Waals surface area contributed by atoms with Crippen LogP contribution in [0, 0.1) is 0 Å². The van der Waals surface area contributed by atoms with E-state index in [-0.39, 0.29) is 5.76 Å². The van der Waals surface area contributed by atoms with E-state index in [4.69, 9.17) is 14.4 Å². The van der Waals surface area contributed by atoms with Crippen molar-refractivity contribution in [3.05, 3.63) is 35.4 Å². The average molecular weight is 275 g/mol. The van der Waals surface area contributed by atoms with Crippen molar-refractivity contribution < 1.29 is 19.2 Å². The minimum absolute atomic E-state index is 0.192. The number of rotatable bonds is 3. The van der Waals surface area contributed by atoms with E-state index in [1.165, 1.54) is 6.07 Å². The van der Waals surface area contributed by atoms with Gasteiger partial charge in [0, 0.05) is 21.7 Å². The molecule has 0 radical (unpaired) electrons. The zero-order chi connectivity index (χ0) is 13.4. The second kappa shape index (κ2) is 4.40. The van der Waals surface area contributed by atoms with Gasteiger partial charge in [-0.25, -0.2) is 4.79 Å². The number of aromatic carboxylic acids is 1. The lowest BCUT2D eigenvalue weighted by atomic mass is 10.1. The Balaban J connectivity index is 2.20. The number of nitrogens with zero attached hydrogens (tertiary/aromatic N) is 1. The standard InChI is InChI=1S/C13H9NO4S/c1-17-12-7(2-3-11-8(12)4-5-19-11)9-6-10(13(15)16)18-14-9/h2-6H,1H3,(H,15,16). The number of ether oxygens (including phenoxy) is 1. The van der Waals surface area contributed by atoms with E-state index in [1.54, 1.807) is 18.4 Å². The molecule has 1 N–H and O–H groups in total. The SMILES string of the molecule is COc1c(-c2cc(C(=O)O)on2)ccc2sccc12. The molecule has 0 fully saturated rings. The van der Waals surface area contributed by atoms with E-state index in [9.17, 15) is 4.79 Å². The highest BCUT2D eigenvalue weighted by Gasteiger charge is 2.17. The number of hydrogen-bond acceptors (Lipinski definition) is 5. The quantitative estimate of drug-likeness (QED) is 0.794. The summed E-state index contributed by atoms with van der Waals surface area (Å²) >= 11 is 1.61. The molecular formula is C13H9NO4S. The van der Waals surface area contributed by atoms with Gasteiger partial charge in [0.15, 0.2) is 0 Å². The van der Waals surface area contributed by atoms with Crippen LogP contribution in [0.5, 0.6) is 5.75 Å². The maximum Gasteiger partial charge on any atom is 0.374 e. The van der Waals surface area contributed by atoms with Crippen molar-refractivity contribution in [2.45, 2.75) is 0 Å². The van der Waals surface area contributed by atoms with E-state index >= 15 is 0 Å². The molecule has 0 aliphatic carbocycles. The second-order valence-electron chi connectivity index (χ2n) is 3.86. The second-order valence-corrected chi connectivity index (χ2v) is 4.81. The van der Waals surface area contributed by atoms with Gasteiger partial charge in [-0.15, -0.1) is 11.3 Å².